The Morgan fingerprint density at radius 1 is 1.32 bits per heavy atom. The summed E-state index contributed by atoms with van der Waals surface area (Å²) in [6.45, 7) is 4.10. The first kappa shape index (κ1) is 14.5. The van der Waals surface area contributed by atoms with Crippen molar-refractivity contribution in [2.75, 3.05) is 12.8 Å². The molecule has 6 nitrogen and oxygen atoms in total. The average Bonchev–Trinajstić information content (AvgIpc) is 2.65. The highest BCUT2D eigenvalue weighted by Gasteiger charge is 2.38. The van der Waals surface area contributed by atoms with Crippen LogP contribution >= 0.6 is 0 Å². The molecule has 1 aliphatic heterocycles. The summed E-state index contributed by atoms with van der Waals surface area (Å²) in [5.74, 6) is 0.727. The largest absolute Gasteiger partial charge is 0.338 e. The zero-order valence-electron chi connectivity index (χ0n) is 11.6. The molecular formula is C12H21N3O3S. The van der Waals surface area contributed by atoms with E-state index in [1.165, 1.54) is 12.7 Å². The Bertz CT molecular complexity index is 528. The van der Waals surface area contributed by atoms with Gasteiger partial charge >= 0.3 is 0 Å². The fourth-order valence-electron chi connectivity index (χ4n) is 2.03. The van der Waals surface area contributed by atoms with E-state index >= 15 is 0 Å². The fourth-order valence-corrected chi connectivity index (χ4v) is 2.43. The predicted molar refractivity (Wildman–Crippen MR) is 71.4 cm³/mol. The minimum atomic E-state index is -3.30. The molecule has 0 bridgehead atoms. The second kappa shape index (κ2) is 5.20. The number of aromatic nitrogens is 2. The van der Waals surface area contributed by atoms with Gasteiger partial charge in [-0.25, -0.2) is 8.42 Å². The van der Waals surface area contributed by atoms with Gasteiger partial charge in [-0.15, -0.1) is 0 Å². The van der Waals surface area contributed by atoms with E-state index in [1.54, 1.807) is 13.8 Å². The maximum Gasteiger partial charge on any atom is 0.247 e. The first-order valence-corrected chi connectivity index (χ1v) is 8.48. The van der Waals surface area contributed by atoms with E-state index in [4.69, 9.17) is 4.52 Å². The van der Waals surface area contributed by atoms with Crippen LogP contribution in [0.5, 0.6) is 0 Å². The Morgan fingerprint density at radius 3 is 2.74 bits per heavy atom. The fraction of sp³-hybridized carbons (Fsp3) is 0.833. The van der Waals surface area contributed by atoms with Crippen molar-refractivity contribution in [3.8, 4) is 0 Å². The molecule has 19 heavy (non-hydrogen) atoms. The zero-order chi connectivity index (χ0) is 14.1. The summed E-state index contributed by atoms with van der Waals surface area (Å²) in [6, 6.07) is 0.0651. The van der Waals surface area contributed by atoms with E-state index < -0.39 is 14.6 Å². The van der Waals surface area contributed by atoms with Gasteiger partial charge in [0.1, 0.15) is 4.75 Å². The summed E-state index contributed by atoms with van der Waals surface area (Å²) < 4.78 is 27.5. The molecule has 2 rings (SSSR count). The van der Waals surface area contributed by atoms with Crippen LogP contribution in [-0.2, 0) is 14.6 Å². The maximum atomic E-state index is 11.8. The van der Waals surface area contributed by atoms with E-state index in [0.717, 1.165) is 25.8 Å². The zero-order valence-corrected chi connectivity index (χ0v) is 12.5. The molecule has 0 aromatic carbocycles. The van der Waals surface area contributed by atoms with Gasteiger partial charge in [-0.1, -0.05) is 18.0 Å². The highest BCUT2D eigenvalue weighted by Crippen LogP contribution is 2.29. The van der Waals surface area contributed by atoms with Crippen LogP contribution in [0.25, 0.3) is 0 Å². The lowest BCUT2D eigenvalue weighted by atomic mass is 10.1. The summed E-state index contributed by atoms with van der Waals surface area (Å²) in [4.78, 5) is 4.29. The van der Waals surface area contributed by atoms with Gasteiger partial charge in [-0.3, -0.25) is 0 Å². The Labute approximate surface area is 113 Å². The first-order chi connectivity index (χ1) is 8.82. The quantitative estimate of drug-likeness (QED) is 0.908. The number of sulfone groups is 1. The van der Waals surface area contributed by atoms with E-state index in [2.05, 4.69) is 15.5 Å². The summed E-state index contributed by atoms with van der Waals surface area (Å²) >= 11 is 0. The normalized spacial score (nSPS) is 22.2. The molecule has 108 valence electrons. The van der Waals surface area contributed by atoms with Crippen molar-refractivity contribution >= 4 is 9.84 Å². The average molecular weight is 287 g/mol. The van der Waals surface area contributed by atoms with Crippen LogP contribution in [-0.4, -0.2) is 31.4 Å². The monoisotopic (exact) mass is 287 g/mol. The molecule has 1 N–H and O–H groups in total. The third-order valence-corrected chi connectivity index (χ3v) is 5.78. The molecule has 0 spiro atoms. The highest BCUT2D eigenvalue weighted by atomic mass is 32.2. The minimum absolute atomic E-state index is 0.0651. The van der Waals surface area contributed by atoms with Crippen molar-refractivity contribution in [1.82, 2.24) is 15.5 Å². The standard InChI is InChI=1S/C12H21N3O3S/c1-12(2,19(3,16)17)11-14-10(15-18-11)9-7-5-4-6-8-13-9/h9,13H,4-8H2,1-3H3. The van der Waals surface area contributed by atoms with E-state index in [9.17, 15) is 8.42 Å². The number of rotatable bonds is 3. The van der Waals surface area contributed by atoms with Crippen LogP contribution in [0.15, 0.2) is 4.52 Å². The van der Waals surface area contributed by atoms with Crippen LogP contribution < -0.4 is 5.32 Å². The van der Waals surface area contributed by atoms with Crippen LogP contribution in [0.4, 0.5) is 0 Å². The van der Waals surface area contributed by atoms with Crippen molar-refractivity contribution in [1.29, 1.82) is 0 Å². The molecule has 1 unspecified atom stereocenters. The summed E-state index contributed by atoms with van der Waals surface area (Å²) in [6.07, 6.45) is 5.61. The lowest BCUT2D eigenvalue weighted by Crippen LogP contribution is -2.28. The molecule has 1 saturated heterocycles. The maximum absolute atomic E-state index is 11.8. The third kappa shape index (κ3) is 2.97. The van der Waals surface area contributed by atoms with Crippen LogP contribution in [0.2, 0.25) is 0 Å². The SMILES string of the molecule is CC(C)(c1nc(C2CCCCCN2)no1)S(C)(=O)=O. The number of nitrogens with zero attached hydrogens (tertiary/aromatic N) is 2. The van der Waals surface area contributed by atoms with Gasteiger partial charge in [0.15, 0.2) is 15.7 Å². The van der Waals surface area contributed by atoms with Gasteiger partial charge in [-0.2, -0.15) is 4.98 Å². The van der Waals surface area contributed by atoms with E-state index in [1.807, 2.05) is 0 Å². The summed E-state index contributed by atoms with van der Waals surface area (Å²) in [5, 5.41) is 7.32. The topological polar surface area (TPSA) is 85.1 Å². The molecule has 1 aliphatic rings. The smallest absolute Gasteiger partial charge is 0.247 e. The molecule has 2 heterocycles. The Hall–Kier alpha value is -0.950. The lowest BCUT2D eigenvalue weighted by molar-refractivity contribution is 0.338. The molecular weight excluding hydrogens is 266 g/mol. The van der Waals surface area contributed by atoms with Gasteiger partial charge in [-0.05, 0) is 33.2 Å². The molecule has 0 radical (unpaired) electrons. The molecule has 1 atom stereocenters. The Kier molecular flexibility index (Phi) is 3.96. The summed E-state index contributed by atoms with van der Waals surface area (Å²) in [5.41, 5.74) is 0. The summed E-state index contributed by atoms with van der Waals surface area (Å²) in [7, 11) is -3.30. The molecule has 0 aliphatic carbocycles. The van der Waals surface area contributed by atoms with Gasteiger partial charge in [0, 0.05) is 6.26 Å². The van der Waals surface area contributed by atoms with Crippen molar-refractivity contribution in [2.24, 2.45) is 0 Å². The van der Waals surface area contributed by atoms with Crippen molar-refractivity contribution < 1.29 is 12.9 Å². The second-order valence-corrected chi connectivity index (χ2v) is 8.16. The van der Waals surface area contributed by atoms with Crippen molar-refractivity contribution in [2.45, 2.75) is 50.3 Å². The van der Waals surface area contributed by atoms with E-state index in [0.29, 0.717) is 5.82 Å². The number of hydrogen-bond donors (Lipinski definition) is 1. The molecule has 0 saturated carbocycles. The van der Waals surface area contributed by atoms with Crippen LogP contribution in [0.3, 0.4) is 0 Å². The first-order valence-electron chi connectivity index (χ1n) is 6.59. The molecule has 1 aromatic heterocycles. The van der Waals surface area contributed by atoms with Crippen LogP contribution in [0.1, 0.15) is 57.3 Å². The Balaban J connectivity index is 2.23. The molecule has 1 aromatic rings. The molecule has 7 heteroatoms. The van der Waals surface area contributed by atoms with Gasteiger partial charge < -0.3 is 9.84 Å². The van der Waals surface area contributed by atoms with Crippen LogP contribution in [0, 0.1) is 0 Å². The molecule has 0 amide bonds. The molecule has 1 fully saturated rings. The van der Waals surface area contributed by atoms with Crippen molar-refractivity contribution in [3.63, 3.8) is 0 Å². The van der Waals surface area contributed by atoms with Gasteiger partial charge in [0.25, 0.3) is 0 Å². The second-order valence-electron chi connectivity index (χ2n) is 5.60. The third-order valence-electron chi connectivity index (χ3n) is 3.76. The Morgan fingerprint density at radius 2 is 2.05 bits per heavy atom. The lowest BCUT2D eigenvalue weighted by Gasteiger charge is -2.16. The number of hydrogen-bond acceptors (Lipinski definition) is 6. The van der Waals surface area contributed by atoms with Gasteiger partial charge in [0.05, 0.1) is 6.04 Å². The minimum Gasteiger partial charge on any atom is -0.338 e. The predicted octanol–water partition coefficient (Wildman–Crippen LogP) is 1.55. The number of nitrogens with one attached hydrogen (secondary N) is 1. The highest BCUT2D eigenvalue weighted by molar-refractivity contribution is 7.91. The van der Waals surface area contributed by atoms with E-state index in [-0.39, 0.29) is 11.9 Å². The van der Waals surface area contributed by atoms with Crippen molar-refractivity contribution in [3.05, 3.63) is 11.7 Å². The van der Waals surface area contributed by atoms with Gasteiger partial charge in [0.2, 0.25) is 5.89 Å².